The summed E-state index contributed by atoms with van der Waals surface area (Å²) in [4.78, 5) is 44.0. The Balaban J connectivity index is 1.37. The topological polar surface area (TPSA) is 73.4 Å². The van der Waals surface area contributed by atoms with Crippen LogP contribution >= 0.6 is 0 Å². The quantitative estimate of drug-likeness (QED) is 0.715. The molecule has 3 heterocycles. The lowest BCUT2D eigenvalue weighted by Gasteiger charge is -2.43. The lowest BCUT2D eigenvalue weighted by molar-refractivity contribution is -0.143. The molecule has 3 saturated heterocycles. The summed E-state index contributed by atoms with van der Waals surface area (Å²) < 4.78 is 5.32. The fraction of sp³-hybridized carbons (Fsp3) is 0.833. The van der Waals surface area contributed by atoms with Gasteiger partial charge in [0.2, 0.25) is 11.8 Å². The monoisotopic (exact) mass is 366 g/mol. The fourth-order valence-corrected chi connectivity index (χ4v) is 3.35. The average Bonchev–Trinajstić information content (AvgIpc) is 2.42. The van der Waals surface area contributed by atoms with E-state index in [-0.39, 0.29) is 23.8 Å². The van der Waals surface area contributed by atoms with Crippen LogP contribution in [-0.2, 0) is 14.3 Å². The first-order valence-corrected chi connectivity index (χ1v) is 9.50. The molecule has 0 aromatic heterocycles. The summed E-state index contributed by atoms with van der Waals surface area (Å²) in [5.74, 6) is 0.179. The molecule has 3 aliphatic heterocycles. The number of piperazine rings is 1. The minimum atomic E-state index is -0.518. The number of carbonyl (C=O) groups is 3. The van der Waals surface area contributed by atoms with E-state index in [1.165, 1.54) is 0 Å². The van der Waals surface area contributed by atoms with Gasteiger partial charge in [-0.05, 0) is 27.2 Å². The zero-order valence-electron chi connectivity index (χ0n) is 16.1. The smallest absolute Gasteiger partial charge is 0.410 e. The Hall–Kier alpha value is -1.83. The summed E-state index contributed by atoms with van der Waals surface area (Å²) in [7, 11) is 0. The van der Waals surface area contributed by atoms with Crippen LogP contribution < -0.4 is 0 Å². The molecule has 8 nitrogen and oxygen atoms in total. The largest absolute Gasteiger partial charge is 0.444 e. The molecule has 3 fully saturated rings. The SMILES string of the molecule is CC(C)(C)OC(=O)N1CC(C(=O)N2CCN(CC(=O)N3CCC3)CC2)C1. The number of likely N-dealkylation sites (tertiary alicyclic amines) is 2. The van der Waals surface area contributed by atoms with Gasteiger partial charge < -0.3 is 19.4 Å². The van der Waals surface area contributed by atoms with Gasteiger partial charge in [-0.3, -0.25) is 14.5 Å². The first-order valence-electron chi connectivity index (χ1n) is 9.50. The molecule has 0 aromatic carbocycles. The number of amides is 3. The van der Waals surface area contributed by atoms with Crippen molar-refractivity contribution in [3.63, 3.8) is 0 Å². The molecule has 146 valence electrons. The van der Waals surface area contributed by atoms with Crippen LogP contribution in [0.15, 0.2) is 0 Å². The highest BCUT2D eigenvalue weighted by molar-refractivity contribution is 5.83. The molecule has 8 heteroatoms. The van der Waals surface area contributed by atoms with Crippen LogP contribution in [0.1, 0.15) is 27.2 Å². The van der Waals surface area contributed by atoms with Gasteiger partial charge in [-0.1, -0.05) is 0 Å². The summed E-state index contributed by atoms with van der Waals surface area (Å²) >= 11 is 0. The maximum absolute atomic E-state index is 12.6. The lowest BCUT2D eigenvalue weighted by atomic mass is 9.98. The van der Waals surface area contributed by atoms with Gasteiger partial charge >= 0.3 is 6.09 Å². The van der Waals surface area contributed by atoms with E-state index < -0.39 is 5.60 Å². The van der Waals surface area contributed by atoms with Gasteiger partial charge in [0.25, 0.3) is 0 Å². The van der Waals surface area contributed by atoms with Crippen LogP contribution in [0.2, 0.25) is 0 Å². The number of hydrogen-bond acceptors (Lipinski definition) is 5. The zero-order valence-corrected chi connectivity index (χ0v) is 16.1. The molecule has 3 rings (SSSR count). The van der Waals surface area contributed by atoms with Crippen LogP contribution in [0.3, 0.4) is 0 Å². The number of rotatable bonds is 3. The molecule has 0 N–H and O–H groups in total. The Kier molecular flexibility index (Phi) is 5.41. The van der Waals surface area contributed by atoms with Crippen molar-refractivity contribution in [3.05, 3.63) is 0 Å². The molecular weight excluding hydrogens is 336 g/mol. The Bertz CT molecular complexity index is 556. The van der Waals surface area contributed by atoms with E-state index >= 15 is 0 Å². The third-order valence-electron chi connectivity index (χ3n) is 5.13. The molecule has 3 amide bonds. The molecule has 0 radical (unpaired) electrons. The molecule has 0 aromatic rings. The number of ether oxygens (including phenoxy) is 1. The van der Waals surface area contributed by atoms with Crippen molar-refractivity contribution in [3.8, 4) is 0 Å². The Morgan fingerprint density at radius 1 is 0.885 bits per heavy atom. The molecule has 0 aliphatic carbocycles. The van der Waals surface area contributed by atoms with Crippen molar-refractivity contribution in [1.82, 2.24) is 19.6 Å². The first kappa shape index (κ1) is 18.9. The van der Waals surface area contributed by atoms with Gasteiger partial charge in [-0.25, -0.2) is 4.79 Å². The van der Waals surface area contributed by atoms with Crippen molar-refractivity contribution in [2.45, 2.75) is 32.8 Å². The summed E-state index contributed by atoms with van der Waals surface area (Å²) in [6.07, 6.45) is 0.756. The second kappa shape index (κ2) is 7.42. The van der Waals surface area contributed by atoms with E-state index in [0.717, 1.165) is 32.6 Å². The van der Waals surface area contributed by atoms with E-state index in [9.17, 15) is 14.4 Å². The summed E-state index contributed by atoms with van der Waals surface area (Å²) in [5.41, 5.74) is -0.518. The standard InChI is InChI=1S/C18H30N4O4/c1-18(2,3)26-17(25)22-11-14(12-22)16(24)21-9-7-19(8-10-21)13-15(23)20-5-4-6-20/h14H,4-13H2,1-3H3. The van der Waals surface area contributed by atoms with E-state index in [4.69, 9.17) is 4.74 Å². The second-order valence-corrected chi connectivity index (χ2v) is 8.42. The molecule has 0 saturated carbocycles. The van der Waals surface area contributed by atoms with Crippen LogP contribution in [0.4, 0.5) is 4.79 Å². The maximum atomic E-state index is 12.6. The summed E-state index contributed by atoms with van der Waals surface area (Å²) in [6, 6.07) is 0. The lowest BCUT2D eigenvalue weighted by Crippen LogP contribution is -2.60. The van der Waals surface area contributed by atoms with Crippen LogP contribution in [0, 0.1) is 5.92 Å². The molecule has 0 atom stereocenters. The van der Waals surface area contributed by atoms with Crippen molar-refractivity contribution >= 4 is 17.9 Å². The van der Waals surface area contributed by atoms with E-state index in [0.29, 0.717) is 32.7 Å². The average molecular weight is 366 g/mol. The Morgan fingerprint density at radius 2 is 1.50 bits per heavy atom. The van der Waals surface area contributed by atoms with Crippen molar-refractivity contribution < 1.29 is 19.1 Å². The third-order valence-corrected chi connectivity index (χ3v) is 5.13. The van der Waals surface area contributed by atoms with Crippen LogP contribution in [0.25, 0.3) is 0 Å². The van der Waals surface area contributed by atoms with Crippen molar-refractivity contribution in [2.24, 2.45) is 5.92 Å². The molecule has 0 spiro atoms. The predicted molar refractivity (Wildman–Crippen MR) is 95.5 cm³/mol. The second-order valence-electron chi connectivity index (χ2n) is 8.42. The van der Waals surface area contributed by atoms with Crippen molar-refractivity contribution in [1.29, 1.82) is 0 Å². The Labute approximate surface area is 155 Å². The van der Waals surface area contributed by atoms with Gasteiger partial charge in [0, 0.05) is 52.4 Å². The summed E-state index contributed by atoms with van der Waals surface area (Å²) in [5, 5.41) is 0. The fourth-order valence-electron chi connectivity index (χ4n) is 3.35. The zero-order chi connectivity index (χ0) is 18.9. The predicted octanol–water partition coefficient (Wildman–Crippen LogP) is 0.230. The molecule has 0 bridgehead atoms. The van der Waals surface area contributed by atoms with Crippen LogP contribution in [0.5, 0.6) is 0 Å². The van der Waals surface area contributed by atoms with E-state index in [2.05, 4.69) is 4.90 Å². The van der Waals surface area contributed by atoms with Gasteiger partial charge in [0.15, 0.2) is 0 Å². The van der Waals surface area contributed by atoms with Gasteiger partial charge in [-0.15, -0.1) is 0 Å². The van der Waals surface area contributed by atoms with Gasteiger partial charge in [-0.2, -0.15) is 0 Å². The Morgan fingerprint density at radius 3 is 2.00 bits per heavy atom. The van der Waals surface area contributed by atoms with Crippen molar-refractivity contribution in [2.75, 3.05) is 58.9 Å². The first-order chi connectivity index (χ1) is 12.2. The molecular formula is C18H30N4O4. The normalized spacial score (nSPS) is 21.9. The molecule has 3 aliphatic rings. The maximum Gasteiger partial charge on any atom is 0.410 e. The molecule has 26 heavy (non-hydrogen) atoms. The van der Waals surface area contributed by atoms with Crippen LogP contribution in [-0.4, -0.2) is 102 Å². The highest BCUT2D eigenvalue weighted by Gasteiger charge is 2.40. The number of hydrogen-bond donors (Lipinski definition) is 0. The summed E-state index contributed by atoms with van der Waals surface area (Å²) in [6.45, 7) is 11.3. The highest BCUT2D eigenvalue weighted by atomic mass is 16.6. The van der Waals surface area contributed by atoms with Gasteiger partial charge in [0.1, 0.15) is 5.60 Å². The number of nitrogens with zero attached hydrogens (tertiary/aromatic N) is 4. The molecule has 0 unspecified atom stereocenters. The third kappa shape index (κ3) is 4.47. The highest BCUT2D eigenvalue weighted by Crippen LogP contribution is 2.22. The number of carbonyl (C=O) groups excluding carboxylic acids is 3. The van der Waals surface area contributed by atoms with Gasteiger partial charge in [0.05, 0.1) is 12.5 Å². The minimum Gasteiger partial charge on any atom is -0.444 e. The minimum absolute atomic E-state index is 0.110. The van der Waals surface area contributed by atoms with E-state index in [1.807, 2.05) is 30.6 Å². The van der Waals surface area contributed by atoms with E-state index in [1.54, 1.807) is 4.90 Å².